The third-order valence-electron chi connectivity index (χ3n) is 0.805. The summed E-state index contributed by atoms with van der Waals surface area (Å²) in [5.74, 6) is -6.04. The minimum atomic E-state index is -2.27. The summed E-state index contributed by atoms with van der Waals surface area (Å²) in [4.78, 5) is 46.5. The molecule has 13 heteroatoms. The van der Waals surface area contributed by atoms with Gasteiger partial charge in [0.15, 0.2) is 29.6 Å². The van der Waals surface area contributed by atoms with E-state index in [9.17, 15) is 9.59 Å². The van der Waals surface area contributed by atoms with E-state index in [4.69, 9.17) is 50.1 Å². The molecule has 0 radical (unpaired) electrons. The highest BCUT2D eigenvalue weighted by molar-refractivity contribution is 5.83. The Bertz CT molecular complexity index is 322. The van der Waals surface area contributed by atoms with Gasteiger partial charge < -0.3 is 35.7 Å². The molecule has 0 spiro atoms. The average Bonchev–Trinajstić information content (AvgIpc) is 2.24. The Morgan fingerprint density at radius 1 is 0.565 bits per heavy atom. The largest absolute Gasteiger partial charge is 0.481 e. The Kier molecular flexibility index (Phi) is 28.1. The summed E-state index contributed by atoms with van der Waals surface area (Å²) < 4.78 is 0. The van der Waals surface area contributed by atoms with Crippen LogP contribution in [0, 0.1) is 0 Å². The van der Waals surface area contributed by atoms with Crippen LogP contribution in [-0.4, -0.2) is 95.2 Å². The third-order valence-corrected chi connectivity index (χ3v) is 0.805. The number of rotatable bonds is 3. The Morgan fingerprint density at radius 3 is 0.696 bits per heavy atom. The summed E-state index contributed by atoms with van der Waals surface area (Å²) in [6, 6.07) is 0. The molecule has 0 heterocycles. The maximum atomic E-state index is 9.77. The lowest BCUT2D eigenvalue weighted by Gasteiger charge is -2.07. The Labute approximate surface area is 140 Å². The number of hydrogen-bond donors (Lipinski definition) is 7. The SMILES string of the molecule is CC(=O)O.CC(=O)O.CC(=O)O.O=C(O)C(O)C(O)C(=O)O.[AlH3]. The molecule has 2 atom stereocenters. The molecule has 12 nitrogen and oxygen atoms in total. The predicted octanol–water partition coefficient (Wildman–Crippen LogP) is -3.03. The van der Waals surface area contributed by atoms with Gasteiger partial charge in [0.1, 0.15) is 0 Å². The lowest BCUT2D eigenvalue weighted by atomic mass is 10.2. The molecule has 0 saturated carbocycles. The van der Waals surface area contributed by atoms with Gasteiger partial charge in [-0.25, -0.2) is 9.59 Å². The van der Waals surface area contributed by atoms with E-state index < -0.39 is 42.1 Å². The molecule has 0 amide bonds. The van der Waals surface area contributed by atoms with Gasteiger partial charge in [0.05, 0.1) is 0 Å². The van der Waals surface area contributed by atoms with Crippen molar-refractivity contribution in [3.05, 3.63) is 0 Å². The first kappa shape index (κ1) is 32.7. The minimum Gasteiger partial charge on any atom is -0.481 e. The highest BCUT2D eigenvalue weighted by Crippen LogP contribution is 1.92. The lowest BCUT2D eigenvalue weighted by Crippen LogP contribution is -2.39. The number of aliphatic hydroxyl groups is 2. The Balaban J connectivity index is -0.0000000700. The number of aliphatic hydroxyl groups excluding tert-OH is 2. The fourth-order valence-corrected chi connectivity index (χ4v) is 0.270. The molecule has 0 fully saturated rings. The quantitative estimate of drug-likeness (QED) is 0.249. The first-order valence-corrected chi connectivity index (χ1v) is 5.07. The third kappa shape index (κ3) is 65.3. The van der Waals surface area contributed by atoms with Crippen molar-refractivity contribution in [2.24, 2.45) is 0 Å². The van der Waals surface area contributed by atoms with Gasteiger partial charge in [0.2, 0.25) is 0 Å². The summed E-state index contributed by atoms with van der Waals surface area (Å²) in [6.45, 7) is 3.25. The highest BCUT2D eigenvalue weighted by atomic mass is 27.0. The van der Waals surface area contributed by atoms with Crippen molar-refractivity contribution >= 4 is 47.2 Å². The zero-order chi connectivity index (χ0) is 19.0. The van der Waals surface area contributed by atoms with Crippen molar-refractivity contribution in [1.29, 1.82) is 0 Å². The van der Waals surface area contributed by atoms with Gasteiger partial charge >= 0.3 is 11.9 Å². The van der Waals surface area contributed by atoms with Crippen molar-refractivity contribution in [2.75, 3.05) is 0 Å². The number of carboxylic acid groups (broad SMARTS) is 5. The Morgan fingerprint density at radius 2 is 0.652 bits per heavy atom. The summed E-state index contributed by atoms with van der Waals surface area (Å²) in [6.07, 6.45) is -4.53. The molecule has 7 N–H and O–H groups in total. The first-order valence-electron chi connectivity index (χ1n) is 5.07. The smallest absolute Gasteiger partial charge is 0.335 e. The predicted molar refractivity (Wildman–Crippen MR) is 77.2 cm³/mol. The van der Waals surface area contributed by atoms with E-state index in [1.807, 2.05) is 0 Å². The van der Waals surface area contributed by atoms with E-state index in [2.05, 4.69) is 0 Å². The van der Waals surface area contributed by atoms with Crippen LogP contribution in [-0.2, 0) is 24.0 Å². The lowest BCUT2D eigenvalue weighted by molar-refractivity contribution is -0.165. The van der Waals surface area contributed by atoms with Crippen LogP contribution in [0.1, 0.15) is 20.8 Å². The summed E-state index contributed by atoms with van der Waals surface area (Å²) in [5, 5.41) is 54.8. The summed E-state index contributed by atoms with van der Waals surface area (Å²) in [5.41, 5.74) is 0. The van der Waals surface area contributed by atoms with Crippen molar-refractivity contribution in [3.8, 4) is 0 Å². The molecule has 0 aromatic heterocycles. The first-order chi connectivity index (χ1) is 9.66. The molecule has 0 aliphatic heterocycles. The molecule has 136 valence electrons. The molecule has 0 aromatic carbocycles. The van der Waals surface area contributed by atoms with Crippen molar-refractivity contribution in [1.82, 2.24) is 0 Å². The number of carboxylic acids is 5. The van der Waals surface area contributed by atoms with E-state index in [0.29, 0.717) is 0 Å². The van der Waals surface area contributed by atoms with Gasteiger partial charge in [-0.1, -0.05) is 0 Å². The second kappa shape index (κ2) is 19.8. The monoisotopic (exact) mass is 360 g/mol. The van der Waals surface area contributed by atoms with Crippen LogP contribution in [0.4, 0.5) is 0 Å². The van der Waals surface area contributed by atoms with E-state index in [1.54, 1.807) is 0 Å². The Hall–Kier alpha value is -2.20. The average molecular weight is 360 g/mol. The number of hydrogen-bond acceptors (Lipinski definition) is 7. The minimum absolute atomic E-state index is 0. The fourth-order valence-electron chi connectivity index (χ4n) is 0.270. The van der Waals surface area contributed by atoms with Gasteiger partial charge in [-0.2, -0.15) is 0 Å². The van der Waals surface area contributed by atoms with Crippen LogP contribution in [0.25, 0.3) is 0 Å². The number of aliphatic carboxylic acids is 5. The van der Waals surface area contributed by atoms with Crippen molar-refractivity contribution < 1.29 is 59.7 Å². The number of carbonyl (C=O) groups is 5. The molecular formula is C10H21AlO12. The molecule has 23 heavy (non-hydrogen) atoms. The summed E-state index contributed by atoms with van der Waals surface area (Å²) >= 11 is 0. The second-order valence-electron chi connectivity index (χ2n) is 3.12. The maximum Gasteiger partial charge on any atom is 0.335 e. The molecule has 0 bridgehead atoms. The molecule has 0 rings (SSSR count). The summed E-state index contributed by atoms with van der Waals surface area (Å²) in [7, 11) is 0. The van der Waals surface area contributed by atoms with Gasteiger partial charge in [0, 0.05) is 20.8 Å². The van der Waals surface area contributed by atoms with Crippen LogP contribution >= 0.6 is 0 Å². The topological polar surface area (TPSA) is 227 Å². The normalized spacial score (nSPS) is 10.1. The van der Waals surface area contributed by atoms with Crippen molar-refractivity contribution in [3.63, 3.8) is 0 Å². The van der Waals surface area contributed by atoms with Gasteiger partial charge in [0.25, 0.3) is 17.9 Å². The van der Waals surface area contributed by atoms with Crippen molar-refractivity contribution in [2.45, 2.75) is 33.0 Å². The molecule has 0 aliphatic rings. The second-order valence-corrected chi connectivity index (χ2v) is 3.12. The van der Waals surface area contributed by atoms with E-state index in [-0.39, 0.29) is 17.4 Å². The van der Waals surface area contributed by atoms with Crippen LogP contribution in [0.15, 0.2) is 0 Å². The zero-order valence-corrected chi connectivity index (χ0v) is 11.8. The van der Waals surface area contributed by atoms with E-state index in [1.165, 1.54) is 0 Å². The van der Waals surface area contributed by atoms with Gasteiger partial charge in [-0.15, -0.1) is 0 Å². The maximum absolute atomic E-state index is 9.77. The van der Waals surface area contributed by atoms with Crippen LogP contribution < -0.4 is 0 Å². The van der Waals surface area contributed by atoms with E-state index >= 15 is 0 Å². The molecule has 2 unspecified atom stereocenters. The van der Waals surface area contributed by atoms with Crippen LogP contribution in [0.3, 0.4) is 0 Å². The van der Waals surface area contributed by atoms with Gasteiger partial charge in [-0.05, 0) is 0 Å². The molecular weight excluding hydrogens is 339 g/mol. The van der Waals surface area contributed by atoms with Crippen LogP contribution in [0.5, 0.6) is 0 Å². The molecule has 0 aliphatic carbocycles. The standard InChI is InChI=1S/C4H6O6.3C2H4O2.Al.3H/c5-1(3(7)8)2(6)4(9)10;3*1-2(3)4;;;;/h1-2,5-6H,(H,7,8)(H,9,10);3*1H3,(H,3,4);;;;. The zero-order valence-electron chi connectivity index (χ0n) is 11.8. The molecule has 0 saturated heterocycles. The van der Waals surface area contributed by atoms with E-state index in [0.717, 1.165) is 20.8 Å². The van der Waals surface area contributed by atoms with Crippen LogP contribution in [0.2, 0.25) is 0 Å². The highest BCUT2D eigenvalue weighted by Gasteiger charge is 2.29. The molecule has 0 aromatic rings. The van der Waals surface area contributed by atoms with Gasteiger partial charge in [-0.3, -0.25) is 14.4 Å². The fraction of sp³-hybridized carbons (Fsp3) is 0.500.